The minimum Gasteiger partial charge on any atom is -0.411 e. The molecule has 3 nitrogen and oxygen atoms in total. The Labute approximate surface area is 129 Å². The molecule has 3 aliphatic rings. The summed E-state index contributed by atoms with van der Waals surface area (Å²) < 4.78 is 0. The first-order valence-electron chi connectivity index (χ1n) is 8.94. The zero-order valence-electron chi connectivity index (χ0n) is 13.5. The summed E-state index contributed by atoms with van der Waals surface area (Å²) in [6, 6.07) is 0.416. The topological polar surface area (TPSA) is 35.8 Å². The highest BCUT2D eigenvalue weighted by molar-refractivity contribution is 5.95. The van der Waals surface area contributed by atoms with E-state index in [9.17, 15) is 5.21 Å². The van der Waals surface area contributed by atoms with Crippen LogP contribution >= 0.6 is 0 Å². The molecule has 0 aliphatic heterocycles. The third-order valence-electron chi connectivity index (χ3n) is 6.00. The van der Waals surface area contributed by atoms with Gasteiger partial charge in [0.1, 0.15) is 0 Å². The smallest absolute Gasteiger partial charge is 0.0781 e. The Morgan fingerprint density at radius 1 is 1.19 bits per heavy atom. The molecule has 3 heteroatoms. The molecular formula is C18H30N2O. The van der Waals surface area contributed by atoms with Gasteiger partial charge in [0, 0.05) is 5.92 Å². The summed E-state index contributed by atoms with van der Waals surface area (Å²) in [7, 11) is 0. The Kier molecular flexibility index (Phi) is 4.68. The predicted molar refractivity (Wildman–Crippen MR) is 86.7 cm³/mol. The van der Waals surface area contributed by atoms with Gasteiger partial charge in [-0.2, -0.15) is 0 Å². The van der Waals surface area contributed by atoms with Crippen LogP contribution in [0.15, 0.2) is 17.3 Å². The molecule has 0 aromatic carbocycles. The summed E-state index contributed by atoms with van der Waals surface area (Å²) >= 11 is 0. The summed E-state index contributed by atoms with van der Waals surface area (Å²) in [5, 5.41) is 13.4. The lowest BCUT2D eigenvalue weighted by Gasteiger charge is -2.39. The van der Waals surface area contributed by atoms with Crippen LogP contribution in [-0.2, 0) is 0 Å². The monoisotopic (exact) mass is 290 g/mol. The highest BCUT2D eigenvalue weighted by Gasteiger charge is 2.57. The highest BCUT2D eigenvalue weighted by atomic mass is 16.4. The van der Waals surface area contributed by atoms with Gasteiger partial charge in [-0.25, -0.2) is 0 Å². The van der Waals surface area contributed by atoms with Crippen molar-refractivity contribution in [2.24, 2.45) is 28.8 Å². The fraction of sp³-hybridized carbons (Fsp3) is 0.833. The molecule has 3 rings (SSSR count). The minimum absolute atomic E-state index is 0.416. The van der Waals surface area contributed by atoms with Crippen molar-refractivity contribution in [3.8, 4) is 0 Å². The zero-order chi connectivity index (χ0) is 14.8. The van der Waals surface area contributed by atoms with Crippen LogP contribution in [0.2, 0.25) is 0 Å². The number of fused-ring (bicyclic) bond motifs is 5. The van der Waals surface area contributed by atoms with Crippen LogP contribution < -0.4 is 0 Å². The van der Waals surface area contributed by atoms with Gasteiger partial charge in [-0.1, -0.05) is 44.0 Å². The predicted octanol–water partition coefficient (Wildman–Crippen LogP) is 3.93. The quantitative estimate of drug-likeness (QED) is 0.438. The van der Waals surface area contributed by atoms with Crippen LogP contribution in [0.1, 0.15) is 52.4 Å². The van der Waals surface area contributed by atoms with Crippen molar-refractivity contribution in [2.75, 3.05) is 13.1 Å². The summed E-state index contributed by atoms with van der Waals surface area (Å²) in [5.74, 6) is 2.71. The molecule has 118 valence electrons. The number of hydrogen-bond acceptors (Lipinski definition) is 3. The number of rotatable bonds is 7. The molecule has 0 radical (unpaired) electrons. The van der Waals surface area contributed by atoms with Gasteiger partial charge in [-0.05, 0) is 56.5 Å². The number of allylic oxidation sites excluding steroid dienone is 2. The Morgan fingerprint density at radius 2 is 1.90 bits per heavy atom. The minimum atomic E-state index is 0.416. The van der Waals surface area contributed by atoms with Crippen LogP contribution in [0.3, 0.4) is 0 Å². The number of nitrogens with zero attached hydrogens (tertiary/aromatic N) is 2. The van der Waals surface area contributed by atoms with Gasteiger partial charge in [0.25, 0.3) is 0 Å². The maximum atomic E-state index is 9.62. The molecule has 2 fully saturated rings. The van der Waals surface area contributed by atoms with Gasteiger partial charge in [0.05, 0.1) is 11.8 Å². The van der Waals surface area contributed by atoms with Crippen LogP contribution in [-0.4, -0.2) is 35.0 Å². The zero-order valence-corrected chi connectivity index (χ0v) is 13.5. The summed E-state index contributed by atoms with van der Waals surface area (Å²) in [5.41, 5.74) is 1.10. The molecule has 0 aromatic heterocycles. The fourth-order valence-electron chi connectivity index (χ4n) is 5.03. The van der Waals surface area contributed by atoms with Crippen LogP contribution in [0.4, 0.5) is 0 Å². The Hall–Kier alpha value is -0.830. The maximum Gasteiger partial charge on any atom is 0.0781 e. The second kappa shape index (κ2) is 6.51. The molecule has 0 amide bonds. The van der Waals surface area contributed by atoms with Crippen molar-refractivity contribution in [2.45, 2.75) is 58.4 Å². The van der Waals surface area contributed by atoms with E-state index in [-0.39, 0.29) is 0 Å². The van der Waals surface area contributed by atoms with E-state index in [0.29, 0.717) is 17.9 Å². The fourth-order valence-corrected chi connectivity index (χ4v) is 5.03. The van der Waals surface area contributed by atoms with Crippen molar-refractivity contribution in [1.29, 1.82) is 0 Å². The molecule has 1 N–H and O–H groups in total. The Morgan fingerprint density at radius 3 is 2.52 bits per heavy atom. The molecule has 0 heterocycles. The first-order valence-corrected chi connectivity index (χ1v) is 8.94. The molecule has 21 heavy (non-hydrogen) atoms. The van der Waals surface area contributed by atoms with E-state index >= 15 is 0 Å². The lowest BCUT2D eigenvalue weighted by molar-refractivity contribution is 0.151. The van der Waals surface area contributed by atoms with E-state index in [1.54, 1.807) is 0 Å². The van der Waals surface area contributed by atoms with E-state index in [2.05, 4.69) is 36.1 Å². The van der Waals surface area contributed by atoms with Crippen molar-refractivity contribution >= 4 is 5.71 Å². The molecule has 2 bridgehead atoms. The second-order valence-electron chi connectivity index (χ2n) is 7.12. The average molecular weight is 290 g/mol. The van der Waals surface area contributed by atoms with Crippen LogP contribution in [0.5, 0.6) is 0 Å². The number of unbranched alkanes of at least 4 members (excludes halogenated alkanes) is 2. The van der Waals surface area contributed by atoms with Crippen molar-refractivity contribution < 1.29 is 5.21 Å². The first-order chi connectivity index (χ1) is 10.3. The lowest BCUT2D eigenvalue weighted by atomic mass is 9.77. The molecule has 0 spiro atoms. The molecule has 0 saturated heterocycles. The largest absolute Gasteiger partial charge is 0.411 e. The van der Waals surface area contributed by atoms with Gasteiger partial charge in [-0.15, -0.1) is 0 Å². The second-order valence-corrected chi connectivity index (χ2v) is 7.12. The Bertz CT molecular complexity index is 409. The highest BCUT2D eigenvalue weighted by Crippen LogP contribution is 2.56. The number of hydrogen-bond donors (Lipinski definition) is 1. The molecule has 0 aromatic rings. The van der Waals surface area contributed by atoms with Crippen LogP contribution in [0, 0.1) is 23.7 Å². The summed E-state index contributed by atoms with van der Waals surface area (Å²) in [6.45, 7) is 6.84. The van der Waals surface area contributed by atoms with Gasteiger partial charge in [0.15, 0.2) is 0 Å². The van der Waals surface area contributed by atoms with E-state index in [0.717, 1.165) is 30.6 Å². The third kappa shape index (κ3) is 2.54. The molecule has 2 saturated carbocycles. The van der Waals surface area contributed by atoms with Gasteiger partial charge in [-0.3, -0.25) is 4.90 Å². The number of oxime groups is 1. The summed E-state index contributed by atoms with van der Waals surface area (Å²) in [6.07, 6.45) is 12.2. The molecule has 0 unspecified atom stereocenters. The third-order valence-corrected chi connectivity index (χ3v) is 6.00. The van der Waals surface area contributed by atoms with Crippen LogP contribution in [0.25, 0.3) is 0 Å². The van der Waals surface area contributed by atoms with Crippen molar-refractivity contribution in [3.05, 3.63) is 12.2 Å². The van der Waals surface area contributed by atoms with E-state index in [4.69, 9.17) is 0 Å². The normalized spacial score (nSPS) is 38.8. The van der Waals surface area contributed by atoms with Gasteiger partial charge < -0.3 is 5.21 Å². The van der Waals surface area contributed by atoms with Gasteiger partial charge in [0.2, 0.25) is 0 Å². The van der Waals surface area contributed by atoms with Gasteiger partial charge >= 0.3 is 0 Å². The van der Waals surface area contributed by atoms with Crippen molar-refractivity contribution in [3.63, 3.8) is 0 Å². The SMILES string of the molecule is CCCCN(CCCC)[C@@H]1/C(=N\O)[C@@H]2C[C@@H]1[C@H]1CC=C[C@@H]12. The Balaban J connectivity index is 1.78. The lowest BCUT2D eigenvalue weighted by Crippen LogP contribution is -2.49. The standard InChI is InChI=1S/C18H30N2O/c1-3-5-10-20(11-6-4-2)18-16-12-15(17(18)19-21)13-8-7-9-14(13)16/h7-8,13-16,18,21H,3-6,9-12H2,1-2H3/b19-17-/t13-,14-,15+,16+,18-/m0/s1. The average Bonchev–Trinajstić information content (AvgIpc) is 3.18. The maximum absolute atomic E-state index is 9.62. The molecule has 3 aliphatic carbocycles. The van der Waals surface area contributed by atoms with Crippen molar-refractivity contribution in [1.82, 2.24) is 4.90 Å². The molecule has 5 atom stereocenters. The molecular weight excluding hydrogens is 260 g/mol. The van der Waals surface area contributed by atoms with E-state index < -0.39 is 0 Å². The van der Waals surface area contributed by atoms with E-state index in [1.165, 1.54) is 38.5 Å². The summed E-state index contributed by atoms with van der Waals surface area (Å²) in [4.78, 5) is 2.64. The first kappa shape index (κ1) is 15.1. The van der Waals surface area contributed by atoms with E-state index in [1.807, 2.05) is 0 Å².